The Morgan fingerprint density at radius 2 is 2.19 bits per heavy atom. The summed E-state index contributed by atoms with van der Waals surface area (Å²) in [5.41, 5.74) is 0. The molecule has 6 nitrogen and oxygen atoms in total. The molecule has 1 heterocycles. The molecule has 6 heteroatoms. The Hall–Kier alpha value is -0.980. The molecular formula is C15H27N3O3. The largest absolute Gasteiger partial charge is 0.393 e. The fourth-order valence-electron chi connectivity index (χ4n) is 2.92. The Morgan fingerprint density at radius 1 is 1.43 bits per heavy atom. The molecule has 0 spiro atoms. The first kappa shape index (κ1) is 16.4. The van der Waals surface area contributed by atoms with Gasteiger partial charge >= 0.3 is 0 Å². The maximum absolute atomic E-state index is 10.0. The minimum Gasteiger partial charge on any atom is -0.393 e. The van der Waals surface area contributed by atoms with Gasteiger partial charge in [-0.15, -0.1) is 0 Å². The maximum Gasteiger partial charge on any atom is 0.240 e. The SMILES string of the molecule is CCOC(C)c1noc(CN(C)CC2CCCCC2O)n1. The molecule has 1 aliphatic rings. The van der Waals surface area contributed by atoms with Crippen LogP contribution >= 0.6 is 0 Å². The summed E-state index contributed by atoms with van der Waals surface area (Å²) in [5.74, 6) is 1.55. The number of rotatable bonds is 7. The smallest absolute Gasteiger partial charge is 0.240 e. The summed E-state index contributed by atoms with van der Waals surface area (Å²) >= 11 is 0. The quantitative estimate of drug-likeness (QED) is 0.831. The van der Waals surface area contributed by atoms with Crippen molar-refractivity contribution in [3.63, 3.8) is 0 Å². The van der Waals surface area contributed by atoms with E-state index < -0.39 is 0 Å². The Bertz CT molecular complexity index is 424. The van der Waals surface area contributed by atoms with Gasteiger partial charge in [0.2, 0.25) is 5.89 Å². The second-order valence-corrected chi connectivity index (χ2v) is 5.95. The van der Waals surface area contributed by atoms with Gasteiger partial charge in [-0.1, -0.05) is 18.0 Å². The Kier molecular flexibility index (Phi) is 6.14. The molecule has 3 unspecified atom stereocenters. The van der Waals surface area contributed by atoms with Crippen LogP contribution in [-0.2, 0) is 11.3 Å². The van der Waals surface area contributed by atoms with E-state index >= 15 is 0 Å². The molecule has 1 aromatic heterocycles. The molecule has 3 atom stereocenters. The Balaban J connectivity index is 1.83. The van der Waals surface area contributed by atoms with Crippen molar-refractivity contribution in [2.24, 2.45) is 5.92 Å². The molecule has 1 fully saturated rings. The summed E-state index contributed by atoms with van der Waals surface area (Å²) in [7, 11) is 2.02. The van der Waals surface area contributed by atoms with Crippen molar-refractivity contribution < 1.29 is 14.4 Å². The molecule has 0 aromatic carbocycles. The molecule has 0 saturated heterocycles. The molecule has 1 N–H and O–H groups in total. The van der Waals surface area contributed by atoms with Gasteiger partial charge in [0.25, 0.3) is 0 Å². The van der Waals surface area contributed by atoms with Crippen LogP contribution in [0, 0.1) is 5.92 Å². The predicted molar refractivity (Wildman–Crippen MR) is 78.6 cm³/mol. The number of hydrogen-bond donors (Lipinski definition) is 1. The zero-order valence-electron chi connectivity index (χ0n) is 13.3. The van der Waals surface area contributed by atoms with Gasteiger partial charge < -0.3 is 14.4 Å². The van der Waals surface area contributed by atoms with Crippen molar-refractivity contribution in [3.05, 3.63) is 11.7 Å². The normalized spacial score (nSPS) is 24.4. The van der Waals surface area contributed by atoms with Crippen LogP contribution in [0.5, 0.6) is 0 Å². The van der Waals surface area contributed by atoms with Crippen molar-refractivity contribution in [1.29, 1.82) is 0 Å². The van der Waals surface area contributed by atoms with Crippen LogP contribution in [0.1, 0.15) is 57.3 Å². The van der Waals surface area contributed by atoms with E-state index in [0.717, 1.165) is 25.8 Å². The van der Waals surface area contributed by atoms with Gasteiger partial charge in [-0.2, -0.15) is 4.98 Å². The van der Waals surface area contributed by atoms with Crippen molar-refractivity contribution in [2.75, 3.05) is 20.2 Å². The zero-order chi connectivity index (χ0) is 15.2. The third-order valence-corrected chi connectivity index (χ3v) is 4.08. The number of nitrogens with zero attached hydrogens (tertiary/aromatic N) is 3. The van der Waals surface area contributed by atoms with E-state index in [1.54, 1.807) is 0 Å². The van der Waals surface area contributed by atoms with Crippen LogP contribution in [0.15, 0.2) is 4.52 Å². The first-order chi connectivity index (χ1) is 10.1. The number of ether oxygens (including phenoxy) is 1. The lowest BCUT2D eigenvalue weighted by molar-refractivity contribution is 0.0484. The molecule has 21 heavy (non-hydrogen) atoms. The average Bonchev–Trinajstić information content (AvgIpc) is 2.90. The van der Waals surface area contributed by atoms with Crippen LogP contribution in [-0.4, -0.2) is 46.5 Å². The van der Waals surface area contributed by atoms with Gasteiger partial charge in [-0.05, 0) is 39.7 Å². The summed E-state index contributed by atoms with van der Waals surface area (Å²) < 4.78 is 10.7. The second-order valence-electron chi connectivity index (χ2n) is 5.95. The van der Waals surface area contributed by atoms with E-state index in [9.17, 15) is 5.11 Å². The van der Waals surface area contributed by atoms with E-state index in [4.69, 9.17) is 9.26 Å². The highest BCUT2D eigenvalue weighted by Gasteiger charge is 2.24. The van der Waals surface area contributed by atoms with Gasteiger partial charge in [0.1, 0.15) is 6.10 Å². The van der Waals surface area contributed by atoms with Gasteiger partial charge in [-0.3, -0.25) is 4.90 Å². The highest BCUT2D eigenvalue weighted by molar-refractivity contribution is 4.90. The highest BCUT2D eigenvalue weighted by Crippen LogP contribution is 2.25. The standard InChI is InChI=1S/C15H27N3O3/c1-4-20-11(2)15-16-14(21-17-15)10-18(3)9-12-7-5-6-8-13(12)19/h11-13,19H,4-10H2,1-3H3. The molecule has 2 rings (SSSR count). The van der Waals surface area contributed by atoms with Crippen LogP contribution in [0.3, 0.4) is 0 Å². The molecule has 0 radical (unpaired) electrons. The van der Waals surface area contributed by atoms with Crippen molar-refractivity contribution in [2.45, 2.75) is 58.3 Å². The summed E-state index contributed by atoms with van der Waals surface area (Å²) in [6.45, 7) is 5.96. The molecule has 1 saturated carbocycles. The van der Waals surface area contributed by atoms with Gasteiger partial charge in [-0.25, -0.2) is 0 Å². The van der Waals surface area contributed by atoms with E-state index in [1.165, 1.54) is 6.42 Å². The summed E-state index contributed by atoms with van der Waals surface area (Å²) in [6.07, 6.45) is 4.07. The van der Waals surface area contributed by atoms with Crippen molar-refractivity contribution in [1.82, 2.24) is 15.0 Å². The molecular weight excluding hydrogens is 270 g/mol. The third-order valence-electron chi connectivity index (χ3n) is 4.08. The Labute approximate surface area is 126 Å². The molecule has 1 aromatic rings. The summed E-state index contributed by atoms with van der Waals surface area (Å²) in [4.78, 5) is 6.51. The van der Waals surface area contributed by atoms with Crippen LogP contribution < -0.4 is 0 Å². The lowest BCUT2D eigenvalue weighted by Crippen LogP contribution is -2.34. The summed E-state index contributed by atoms with van der Waals surface area (Å²) in [5, 5.41) is 14.0. The zero-order valence-corrected chi connectivity index (χ0v) is 13.3. The number of aliphatic hydroxyl groups excluding tert-OH is 1. The van der Waals surface area contributed by atoms with Crippen molar-refractivity contribution in [3.8, 4) is 0 Å². The number of hydrogen-bond acceptors (Lipinski definition) is 6. The van der Waals surface area contributed by atoms with E-state index in [0.29, 0.717) is 30.8 Å². The lowest BCUT2D eigenvalue weighted by Gasteiger charge is -2.30. The van der Waals surface area contributed by atoms with Gasteiger partial charge in [0, 0.05) is 13.2 Å². The molecule has 0 amide bonds. The van der Waals surface area contributed by atoms with E-state index in [1.807, 2.05) is 20.9 Å². The van der Waals surface area contributed by atoms with Gasteiger partial charge in [0.15, 0.2) is 5.82 Å². The monoisotopic (exact) mass is 297 g/mol. The molecule has 0 aliphatic heterocycles. The Morgan fingerprint density at radius 3 is 2.90 bits per heavy atom. The average molecular weight is 297 g/mol. The first-order valence-corrected chi connectivity index (χ1v) is 7.90. The van der Waals surface area contributed by atoms with Crippen molar-refractivity contribution >= 4 is 0 Å². The molecule has 120 valence electrons. The van der Waals surface area contributed by atoms with E-state index in [-0.39, 0.29) is 12.2 Å². The fraction of sp³-hybridized carbons (Fsp3) is 0.867. The fourth-order valence-corrected chi connectivity index (χ4v) is 2.92. The minimum absolute atomic E-state index is 0.141. The van der Waals surface area contributed by atoms with Gasteiger partial charge in [0.05, 0.1) is 12.6 Å². The van der Waals surface area contributed by atoms with Crippen LogP contribution in [0.25, 0.3) is 0 Å². The molecule has 0 bridgehead atoms. The molecule has 1 aliphatic carbocycles. The first-order valence-electron chi connectivity index (χ1n) is 7.90. The van der Waals surface area contributed by atoms with E-state index in [2.05, 4.69) is 15.0 Å². The number of aromatic nitrogens is 2. The minimum atomic E-state index is -0.169. The van der Waals surface area contributed by atoms with Crippen LogP contribution in [0.2, 0.25) is 0 Å². The lowest BCUT2D eigenvalue weighted by atomic mass is 9.86. The highest BCUT2D eigenvalue weighted by atomic mass is 16.5. The topological polar surface area (TPSA) is 71.6 Å². The second kappa shape index (κ2) is 7.87. The predicted octanol–water partition coefficient (Wildman–Crippen LogP) is 2.15. The summed E-state index contributed by atoms with van der Waals surface area (Å²) in [6, 6.07) is 0. The maximum atomic E-state index is 10.0. The number of aliphatic hydroxyl groups is 1. The van der Waals surface area contributed by atoms with Crippen LogP contribution in [0.4, 0.5) is 0 Å². The third kappa shape index (κ3) is 4.76.